The fraction of sp³-hybridized carbons (Fsp3) is 0.235. The first kappa shape index (κ1) is 16.1. The first-order valence-corrected chi connectivity index (χ1v) is 6.76. The molecular formula is C17H15F3O2. The van der Waals surface area contributed by atoms with Crippen molar-refractivity contribution in [1.29, 1.82) is 0 Å². The Morgan fingerprint density at radius 3 is 2.18 bits per heavy atom. The Bertz CT molecular complexity index is 661. The van der Waals surface area contributed by atoms with E-state index in [2.05, 4.69) is 0 Å². The van der Waals surface area contributed by atoms with Gasteiger partial charge in [-0.2, -0.15) is 13.2 Å². The van der Waals surface area contributed by atoms with Crippen molar-refractivity contribution in [2.24, 2.45) is 0 Å². The second-order valence-electron chi connectivity index (χ2n) is 5.11. The maximum atomic E-state index is 13.0. The van der Waals surface area contributed by atoms with Crippen molar-refractivity contribution in [2.45, 2.75) is 26.1 Å². The van der Waals surface area contributed by atoms with Gasteiger partial charge in [0.25, 0.3) is 0 Å². The third-order valence-corrected chi connectivity index (χ3v) is 2.90. The largest absolute Gasteiger partial charge is 0.491 e. The Morgan fingerprint density at radius 2 is 1.64 bits per heavy atom. The summed E-state index contributed by atoms with van der Waals surface area (Å²) < 4.78 is 44.3. The van der Waals surface area contributed by atoms with E-state index in [0.717, 1.165) is 12.1 Å². The van der Waals surface area contributed by atoms with Crippen LogP contribution >= 0.6 is 0 Å². The monoisotopic (exact) mass is 308 g/mol. The molecule has 0 amide bonds. The molecule has 0 aliphatic rings. The molecule has 0 fully saturated rings. The smallest absolute Gasteiger partial charge is 0.416 e. The molecule has 0 radical (unpaired) electrons. The lowest BCUT2D eigenvalue weighted by molar-refractivity contribution is -0.137. The van der Waals surface area contributed by atoms with Crippen molar-refractivity contribution < 1.29 is 22.7 Å². The highest BCUT2D eigenvalue weighted by atomic mass is 19.4. The zero-order chi connectivity index (χ0) is 16.3. The van der Waals surface area contributed by atoms with Gasteiger partial charge in [-0.3, -0.25) is 4.79 Å². The number of carbonyl (C=O) groups excluding carboxylic acids is 1. The molecule has 2 nitrogen and oxygen atoms in total. The van der Waals surface area contributed by atoms with Crippen LogP contribution in [0.15, 0.2) is 48.5 Å². The standard InChI is InChI=1S/C17H15F3O2/c1-11(2)22-15-9-13(8-14(10-15)17(18,19)20)16(21)12-6-4-3-5-7-12/h3-11H,1-2H3. The van der Waals surface area contributed by atoms with Crippen molar-refractivity contribution in [3.8, 4) is 5.75 Å². The number of rotatable bonds is 4. The van der Waals surface area contributed by atoms with Crippen molar-refractivity contribution in [1.82, 2.24) is 0 Å². The summed E-state index contributed by atoms with van der Waals surface area (Å²) in [5.74, 6) is -0.440. The number of benzene rings is 2. The van der Waals surface area contributed by atoms with E-state index in [4.69, 9.17) is 4.74 Å². The molecule has 0 saturated heterocycles. The van der Waals surface area contributed by atoms with E-state index in [1.54, 1.807) is 44.2 Å². The summed E-state index contributed by atoms with van der Waals surface area (Å²) in [6, 6.07) is 11.3. The SMILES string of the molecule is CC(C)Oc1cc(C(=O)c2ccccc2)cc(C(F)(F)F)c1. The summed E-state index contributed by atoms with van der Waals surface area (Å²) in [5, 5.41) is 0. The van der Waals surface area contributed by atoms with Crippen LogP contribution in [0.25, 0.3) is 0 Å². The molecule has 0 aromatic heterocycles. The summed E-state index contributed by atoms with van der Waals surface area (Å²) in [6.45, 7) is 3.41. The van der Waals surface area contributed by atoms with Gasteiger partial charge < -0.3 is 4.74 Å². The molecule has 2 aromatic rings. The van der Waals surface area contributed by atoms with Crippen LogP contribution in [0.3, 0.4) is 0 Å². The second kappa shape index (κ2) is 6.22. The summed E-state index contributed by atoms with van der Waals surface area (Å²) in [4.78, 5) is 12.3. The number of hydrogen-bond donors (Lipinski definition) is 0. The summed E-state index contributed by atoms with van der Waals surface area (Å²) in [6.07, 6.45) is -4.83. The van der Waals surface area contributed by atoms with Gasteiger partial charge in [0.05, 0.1) is 11.7 Å². The average Bonchev–Trinajstić information content (AvgIpc) is 2.45. The number of ether oxygens (including phenoxy) is 1. The highest BCUT2D eigenvalue weighted by Crippen LogP contribution is 2.33. The molecule has 0 aliphatic heterocycles. The van der Waals surface area contributed by atoms with E-state index >= 15 is 0 Å². The fourth-order valence-electron chi connectivity index (χ4n) is 1.99. The molecule has 0 unspecified atom stereocenters. The molecule has 5 heteroatoms. The van der Waals surface area contributed by atoms with Gasteiger partial charge in [0.15, 0.2) is 5.78 Å². The number of halogens is 3. The van der Waals surface area contributed by atoms with E-state index in [9.17, 15) is 18.0 Å². The Labute approximate surface area is 126 Å². The van der Waals surface area contributed by atoms with Crippen molar-refractivity contribution in [3.63, 3.8) is 0 Å². The topological polar surface area (TPSA) is 26.3 Å². The molecular weight excluding hydrogens is 293 g/mol. The van der Waals surface area contributed by atoms with Crippen LogP contribution in [-0.4, -0.2) is 11.9 Å². The van der Waals surface area contributed by atoms with Gasteiger partial charge in [0.1, 0.15) is 5.75 Å². The Hall–Kier alpha value is -2.30. The molecule has 116 valence electrons. The van der Waals surface area contributed by atoms with Gasteiger partial charge in [-0.15, -0.1) is 0 Å². The van der Waals surface area contributed by atoms with Gasteiger partial charge in [-0.05, 0) is 32.0 Å². The molecule has 22 heavy (non-hydrogen) atoms. The Morgan fingerprint density at radius 1 is 1.00 bits per heavy atom. The Balaban J connectivity index is 2.48. The zero-order valence-corrected chi connectivity index (χ0v) is 12.1. The van der Waals surface area contributed by atoms with Crippen LogP contribution in [0.5, 0.6) is 5.75 Å². The van der Waals surface area contributed by atoms with E-state index in [-0.39, 0.29) is 17.4 Å². The van der Waals surface area contributed by atoms with Crippen molar-refractivity contribution in [2.75, 3.05) is 0 Å². The van der Waals surface area contributed by atoms with Crippen LogP contribution in [0.2, 0.25) is 0 Å². The molecule has 0 aliphatic carbocycles. The average molecular weight is 308 g/mol. The van der Waals surface area contributed by atoms with E-state index in [0.29, 0.717) is 5.56 Å². The lowest BCUT2D eigenvalue weighted by Gasteiger charge is -2.14. The molecule has 2 rings (SSSR count). The third-order valence-electron chi connectivity index (χ3n) is 2.90. The predicted molar refractivity (Wildman–Crippen MR) is 77.1 cm³/mol. The molecule has 0 saturated carbocycles. The number of hydrogen-bond acceptors (Lipinski definition) is 2. The fourth-order valence-corrected chi connectivity index (χ4v) is 1.99. The lowest BCUT2D eigenvalue weighted by Crippen LogP contribution is -2.11. The molecule has 0 heterocycles. The first-order chi connectivity index (χ1) is 10.3. The van der Waals surface area contributed by atoms with Gasteiger partial charge in [-0.1, -0.05) is 30.3 Å². The minimum Gasteiger partial charge on any atom is -0.491 e. The van der Waals surface area contributed by atoms with E-state index in [1.807, 2.05) is 0 Å². The number of carbonyl (C=O) groups is 1. The molecule has 0 spiro atoms. The molecule has 0 atom stereocenters. The maximum absolute atomic E-state index is 13.0. The number of ketones is 1. The van der Waals surface area contributed by atoms with Crippen LogP contribution in [0.4, 0.5) is 13.2 Å². The predicted octanol–water partition coefficient (Wildman–Crippen LogP) is 4.72. The highest BCUT2D eigenvalue weighted by Gasteiger charge is 2.32. The van der Waals surface area contributed by atoms with Crippen LogP contribution < -0.4 is 4.74 Å². The zero-order valence-electron chi connectivity index (χ0n) is 12.1. The van der Waals surface area contributed by atoms with Crippen LogP contribution in [0, 0.1) is 0 Å². The molecule has 2 aromatic carbocycles. The Kier molecular flexibility index (Phi) is 4.54. The lowest BCUT2D eigenvalue weighted by atomic mass is 10.0. The van der Waals surface area contributed by atoms with Crippen molar-refractivity contribution >= 4 is 5.78 Å². The van der Waals surface area contributed by atoms with E-state index < -0.39 is 17.5 Å². The van der Waals surface area contributed by atoms with Gasteiger partial charge >= 0.3 is 6.18 Å². The number of alkyl halides is 3. The third kappa shape index (κ3) is 3.87. The summed E-state index contributed by atoms with van der Waals surface area (Å²) in [5.41, 5.74) is -0.612. The summed E-state index contributed by atoms with van der Waals surface area (Å²) >= 11 is 0. The van der Waals surface area contributed by atoms with Crippen molar-refractivity contribution in [3.05, 3.63) is 65.2 Å². The summed E-state index contributed by atoms with van der Waals surface area (Å²) in [7, 11) is 0. The quantitative estimate of drug-likeness (QED) is 0.764. The van der Waals surface area contributed by atoms with Gasteiger partial charge in [0.2, 0.25) is 0 Å². The first-order valence-electron chi connectivity index (χ1n) is 6.76. The normalized spacial score (nSPS) is 11.5. The second-order valence-corrected chi connectivity index (χ2v) is 5.11. The van der Waals surface area contributed by atoms with Gasteiger partial charge in [-0.25, -0.2) is 0 Å². The van der Waals surface area contributed by atoms with Gasteiger partial charge in [0, 0.05) is 11.1 Å². The molecule has 0 bridgehead atoms. The van der Waals surface area contributed by atoms with Crippen LogP contribution in [-0.2, 0) is 6.18 Å². The minimum absolute atomic E-state index is 0.0316. The molecule has 0 N–H and O–H groups in total. The highest BCUT2D eigenvalue weighted by molar-refractivity contribution is 6.09. The van der Waals surface area contributed by atoms with E-state index in [1.165, 1.54) is 6.07 Å². The van der Waals surface area contributed by atoms with Crippen LogP contribution in [0.1, 0.15) is 35.3 Å². The minimum atomic E-state index is -4.54. The maximum Gasteiger partial charge on any atom is 0.416 e.